The summed E-state index contributed by atoms with van der Waals surface area (Å²) in [6.07, 6.45) is 3.83. The summed E-state index contributed by atoms with van der Waals surface area (Å²) < 4.78 is 8.88. The predicted octanol–water partition coefficient (Wildman–Crippen LogP) is 2.10. The zero-order valence-electron chi connectivity index (χ0n) is 8.71. The van der Waals surface area contributed by atoms with Crippen LogP contribution in [0.25, 0.3) is 0 Å². The van der Waals surface area contributed by atoms with Crippen LogP contribution in [0.1, 0.15) is 25.3 Å². The highest BCUT2D eigenvalue weighted by molar-refractivity contribution is 7.45. The minimum absolute atomic E-state index is 1.23. The summed E-state index contributed by atoms with van der Waals surface area (Å²) >= 11 is 0. The summed E-state index contributed by atoms with van der Waals surface area (Å²) in [6.45, 7) is 2.23. The molecule has 0 amide bonds. The van der Waals surface area contributed by atoms with E-state index in [2.05, 4.69) is 37.3 Å². The summed E-state index contributed by atoms with van der Waals surface area (Å²) in [5.41, 5.74) is 1.46. The number of benzene rings is 1. The minimum Gasteiger partial charge on any atom is -0.303 e. The van der Waals surface area contributed by atoms with Gasteiger partial charge >= 0.3 is 7.82 Å². The van der Waals surface area contributed by atoms with Gasteiger partial charge < -0.3 is 14.7 Å². The Kier molecular flexibility index (Phi) is 7.26. The van der Waals surface area contributed by atoms with E-state index in [9.17, 15) is 0 Å². The average Bonchev–Trinajstić information content (AvgIpc) is 2.14. The largest absolute Gasteiger partial charge is 0.466 e. The molecule has 0 spiro atoms. The van der Waals surface area contributed by atoms with Gasteiger partial charge in [-0.05, 0) is 18.4 Å². The maximum atomic E-state index is 8.88. The summed E-state index contributed by atoms with van der Waals surface area (Å²) in [5.74, 6) is 0. The standard InChI is InChI=1S/C10H14.H3O4P/c1-2-3-7-10-8-5-4-6-9-10;1-5(2,3)4/h4-6,8-9H,2-3,7H2,1H3;(H3,1,2,3,4). The molecule has 86 valence electrons. The van der Waals surface area contributed by atoms with Crippen LogP contribution < -0.4 is 0 Å². The Morgan fingerprint density at radius 2 is 1.60 bits per heavy atom. The van der Waals surface area contributed by atoms with E-state index in [1.807, 2.05) is 0 Å². The number of rotatable bonds is 3. The third-order valence-electron chi connectivity index (χ3n) is 1.66. The quantitative estimate of drug-likeness (QED) is 0.697. The molecule has 15 heavy (non-hydrogen) atoms. The molecule has 5 heteroatoms. The summed E-state index contributed by atoms with van der Waals surface area (Å²) in [7, 11) is -4.64. The molecule has 1 rings (SSSR count). The van der Waals surface area contributed by atoms with Gasteiger partial charge in [-0.3, -0.25) is 0 Å². The zero-order valence-corrected chi connectivity index (χ0v) is 9.60. The van der Waals surface area contributed by atoms with Crippen molar-refractivity contribution in [3.63, 3.8) is 0 Å². The smallest absolute Gasteiger partial charge is 0.303 e. The molecule has 1 aromatic carbocycles. The molecule has 0 saturated heterocycles. The second-order valence-corrected chi connectivity index (χ2v) is 4.13. The molecule has 0 unspecified atom stereocenters. The molecule has 0 atom stereocenters. The molecule has 0 aliphatic rings. The highest BCUT2D eigenvalue weighted by Gasteiger charge is 2.00. The van der Waals surface area contributed by atoms with Gasteiger partial charge in [0.2, 0.25) is 0 Å². The third kappa shape index (κ3) is 13.3. The fourth-order valence-corrected chi connectivity index (χ4v) is 1.03. The van der Waals surface area contributed by atoms with Gasteiger partial charge in [-0.2, -0.15) is 0 Å². The molecule has 4 nitrogen and oxygen atoms in total. The molecule has 0 aliphatic carbocycles. The Morgan fingerprint density at radius 3 is 2.00 bits per heavy atom. The van der Waals surface area contributed by atoms with Gasteiger partial charge in [0.1, 0.15) is 0 Å². The number of phosphoric acid groups is 1. The molecule has 0 radical (unpaired) electrons. The fraction of sp³-hybridized carbons (Fsp3) is 0.400. The normalized spacial score (nSPS) is 10.4. The van der Waals surface area contributed by atoms with E-state index in [1.54, 1.807) is 0 Å². The van der Waals surface area contributed by atoms with E-state index >= 15 is 0 Å². The first-order chi connectivity index (χ1) is 6.93. The van der Waals surface area contributed by atoms with Gasteiger partial charge in [0.05, 0.1) is 0 Å². The van der Waals surface area contributed by atoms with Crippen molar-refractivity contribution in [3.8, 4) is 0 Å². The lowest BCUT2D eigenvalue weighted by atomic mass is 10.1. The molecule has 0 fully saturated rings. The second kappa shape index (κ2) is 7.60. The molecular weight excluding hydrogens is 215 g/mol. The number of aryl methyl sites for hydroxylation is 1. The zero-order chi connectivity index (χ0) is 11.7. The van der Waals surface area contributed by atoms with Gasteiger partial charge in [-0.15, -0.1) is 0 Å². The van der Waals surface area contributed by atoms with Crippen molar-refractivity contribution < 1.29 is 19.2 Å². The first-order valence-corrected chi connectivity index (χ1v) is 6.32. The van der Waals surface area contributed by atoms with Gasteiger partial charge in [-0.25, -0.2) is 4.57 Å². The van der Waals surface area contributed by atoms with Crippen molar-refractivity contribution in [1.82, 2.24) is 0 Å². The first kappa shape index (κ1) is 14.3. The van der Waals surface area contributed by atoms with Gasteiger partial charge in [0.25, 0.3) is 0 Å². The van der Waals surface area contributed by atoms with E-state index in [1.165, 1.54) is 24.8 Å². The Bertz CT molecular complexity index is 285. The monoisotopic (exact) mass is 232 g/mol. The van der Waals surface area contributed by atoms with Gasteiger partial charge in [-0.1, -0.05) is 43.7 Å². The third-order valence-corrected chi connectivity index (χ3v) is 1.66. The highest BCUT2D eigenvalue weighted by Crippen LogP contribution is 2.25. The highest BCUT2D eigenvalue weighted by atomic mass is 31.2. The van der Waals surface area contributed by atoms with Crippen LogP contribution in [0.2, 0.25) is 0 Å². The lowest BCUT2D eigenvalue weighted by Gasteiger charge is -1.96. The first-order valence-electron chi connectivity index (χ1n) is 4.75. The van der Waals surface area contributed by atoms with Crippen molar-refractivity contribution in [3.05, 3.63) is 35.9 Å². The lowest BCUT2D eigenvalue weighted by molar-refractivity contribution is 0.275. The molecule has 0 heterocycles. The summed E-state index contributed by atoms with van der Waals surface area (Å²) in [5, 5.41) is 0. The van der Waals surface area contributed by atoms with Crippen molar-refractivity contribution in [2.24, 2.45) is 0 Å². The van der Waals surface area contributed by atoms with Crippen molar-refractivity contribution in [1.29, 1.82) is 0 Å². The Hall–Kier alpha value is -0.670. The van der Waals surface area contributed by atoms with E-state index in [0.29, 0.717) is 0 Å². The van der Waals surface area contributed by atoms with Crippen molar-refractivity contribution in [2.75, 3.05) is 0 Å². The van der Waals surface area contributed by atoms with Crippen molar-refractivity contribution in [2.45, 2.75) is 26.2 Å². The number of hydrogen-bond acceptors (Lipinski definition) is 1. The Balaban J connectivity index is 0.000000336. The van der Waals surface area contributed by atoms with Crippen LogP contribution in [-0.4, -0.2) is 14.7 Å². The van der Waals surface area contributed by atoms with E-state index in [4.69, 9.17) is 19.2 Å². The van der Waals surface area contributed by atoms with Gasteiger partial charge in [0.15, 0.2) is 0 Å². The average molecular weight is 232 g/mol. The topological polar surface area (TPSA) is 77.8 Å². The summed E-state index contributed by atoms with van der Waals surface area (Å²) in [6, 6.07) is 10.6. The minimum atomic E-state index is -4.64. The van der Waals surface area contributed by atoms with Crippen LogP contribution in [0.3, 0.4) is 0 Å². The van der Waals surface area contributed by atoms with Crippen LogP contribution in [0, 0.1) is 0 Å². The van der Waals surface area contributed by atoms with E-state index < -0.39 is 7.82 Å². The fourth-order valence-electron chi connectivity index (χ4n) is 1.03. The second-order valence-electron chi connectivity index (χ2n) is 3.10. The number of unbranched alkanes of at least 4 members (excludes halogenated alkanes) is 1. The van der Waals surface area contributed by atoms with E-state index in [0.717, 1.165) is 0 Å². The molecule has 0 bridgehead atoms. The van der Waals surface area contributed by atoms with Crippen LogP contribution in [-0.2, 0) is 11.0 Å². The molecule has 3 N–H and O–H groups in total. The Labute approximate surface area is 89.8 Å². The molecule has 0 aromatic heterocycles. The van der Waals surface area contributed by atoms with Crippen LogP contribution in [0.5, 0.6) is 0 Å². The van der Waals surface area contributed by atoms with Gasteiger partial charge in [0, 0.05) is 0 Å². The number of hydrogen-bond donors (Lipinski definition) is 3. The molecule has 1 aromatic rings. The molecule has 0 saturated carbocycles. The summed E-state index contributed by atoms with van der Waals surface area (Å²) in [4.78, 5) is 21.6. The molecular formula is C10H17O4P. The SMILES string of the molecule is CCCCc1ccccc1.O=P(O)(O)O. The molecule has 0 aliphatic heterocycles. The predicted molar refractivity (Wildman–Crippen MR) is 59.3 cm³/mol. The Morgan fingerprint density at radius 1 is 1.13 bits per heavy atom. The van der Waals surface area contributed by atoms with E-state index in [-0.39, 0.29) is 0 Å². The van der Waals surface area contributed by atoms with Crippen LogP contribution >= 0.6 is 7.82 Å². The lowest BCUT2D eigenvalue weighted by Crippen LogP contribution is -1.81. The maximum absolute atomic E-state index is 8.88. The maximum Gasteiger partial charge on any atom is 0.466 e. The van der Waals surface area contributed by atoms with Crippen LogP contribution in [0.15, 0.2) is 30.3 Å². The van der Waals surface area contributed by atoms with Crippen LogP contribution in [0.4, 0.5) is 0 Å². The van der Waals surface area contributed by atoms with Crippen molar-refractivity contribution >= 4 is 7.82 Å².